The molecule has 0 aromatic heterocycles. The number of aliphatic carboxylic acids is 1. The van der Waals surface area contributed by atoms with E-state index in [4.69, 9.17) is 9.84 Å². The van der Waals surface area contributed by atoms with Crippen molar-refractivity contribution in [3.05, 3.63) is 0 Å². The van der Waals surface area contributed by atoms with Crippen LogP contribution >= 0.6 is 0 Å². The SMILES string of the molecule is CCC(CC1CC1)NC(=O)NC1COCC1C(=O)O. The maximum atomic E-state index is 11.9. The summed E-state index contributed by atoms with van der Waals surface area (Å²) < 4.78 is 5.11. The van der Waals surface area contributed by atoms with Crippen molar-refractivity contribution in [1.29, 1.82) is 0 Å². The molecule has 1 saturated heterocycles. The maximum absolute atomic E-state index is 11.9. The third kappa shape index (κ3) is 4.09. The maximum Gasteiger partial charge on any atom is 0.315 e. The van der Waals surface area contributed by atoms with Crippen molar-refractivity contribution in [2.24, 2.45) is 11.8 Å². The zero-order valence-electron chi connectivity index (χ0n) is 11.2. The number of amides is 2. The highest BCUT2D eigenvalue weighted by Gasteiger charge is 2.35. The van der Waals surface area contributed by atoms with Gasteiger partial charge in [0, 0.05) is 6.04 Å². The summed E-state index contributed by atoms with van der Waals surface area (Å²) in [6.07, 6.45) is 4.44. The lowest BCUT2D eigenvalue weighted by molar-refractivity contribution is -0.142. The van der Waals surface area contributed by atoms with Gasteiger partial charge in [0.15, 0.2) is 0 Å². The lowest BCUT2D eigenvalue weighted by atomic mass is 10.0. The number of hydrogen-bond donors (Lipinski definition) is 3. The summed E-state index contributed by atoms with van der Waals surface area (Å²) >= 11 is 0. The molecule has 2 fully saturated rings. The first-order valence-electron chi connectivity index (χ1n) is 6.97. The fourth-order valence-electron chi connectivity index (χ4n) is 2.42. The van der Waals surface area contributed by atoms with Gasteiger partial charge in [-0.25, -0.2) is 4.79 Å². The van der Waals surface area contributed by atoms with Gasteiger partial charge in [0.2, 0.25) is 0 Å². The number of carbonyl (C=O) groups is 2. The summed E-state index contributed by atoms with van der Waals surface area (Å²) in [5.74, 6) is -0.811. The highest BCUT2D eigenvalue weighted by molar-refractivity contribution is 5.77. The molecular formula is C13H22N2O4. The molecule has 0 bridgehead atoms. The first-order valence-corrected chi connectivity index (χ1v) is 6.97. The molecule has 108 valence electrons. The van der Waals surface area contributed by atoms with E-state index in [2.05, 4.69) is 10.6 Å². The van der Waals surface area contributed by atoms with Gasteiger partial charge in [0.1, 0.15) is 5.92 Å². The molecule has 0 aromatic rings. The summed E-state index contributed by atoms with van der Waals surface area (Å²) in [6, 6.07) is -0.539. The van der Waals surface area contributed by atoms with Crippen LogP contribution in [0.15, 0.2) is 0 Å². The van der Waals surface area contributed by atoms with Crippen LogP contribution in [-0.2, 0) is 9.53 Å². The number of hydrogen-bond acceptors (Lipinski definition) is 3. The summed E-state index contributed by atoms with van der Waals surface area (Å²) in [7, 11) is 0. The molecular weight excluding hydrogens is 248 g/mol. The van der Waals surface area contributed by atoms with Crippen LogP contribution < -0.4 is 10.6 Å². The number of urea groups is 1. The zero-order valence-corrected chi connectivity index (χ0v) is 11.2. The highest BCUT2D eigenvalue weighted by Crippen LogP contribution is 2.34. The van der Waals surface area contributed by atoms with E-state index in [0.29, 0.717) is 0 Å². The lowest BCUT2D eigenvalue weighted by Gasteiger charge is -2.20. The van der Waals surface area contributed by atoms with E-state index < -0.39 is 17.9 Å². The Morgan fingerprint density at radius 3 is 2.68 bits per heavy atom. The third-order valence-corrected chi connectivity index (χ3v) is 3.86. The van der Waals surface area contributed by atoms with Gasteiger partial charge >= 0.3 is 12.0 Å². The molecule has 3 N–H and O–H groups in total. The van der Waals surface area contributed by atoms with Crippen LogP contribution in [0.2, 0.25) is 0 Å². The first kappa shape index (κ1) is 14.1. The second-order valence-electron chi connectivity index (χ2n) is 5.49. The molecule has 1 heterocycles. The van der Waals surface area contributed by atoms with E-state index in [0.717, 1.165) is 18.8 Å². The van der Waals surface area contributed by atoms with E-state index in [1.165, 1.54) is 12.8 Å². The predicted molar refractivity (Wildman–Crippen MR) is 68.8 cm³/mol. The van der Waals surface area contributed by atoms with Crippen molar-refractivity contribution < 1.29 is 19.4 Å². The van der Waals surface area contributed by atoms with E-state index in [9.17, 15) is 9.59 Å². The fraction of sp³-hybridized carbons (Fsp3) is 0.846. The Hall–Kier alpha value is -1.30. The lowest BCUT2D eigenvalue weighted by Crippen LogP contribution is -2.49. The number of carbonyl (C=O) groups excluding carboxylic acids is 1. The zero-order chi connectivity index (χ0) is 13.8. The standard InChI is InChI=1S/C13H22N2O4/c1-2-9(5-8-3-4-8)14-13(18)15-11-7-19-6-10(11)12(16)17/h8-11H,2-7H2,1H3,(H,16,17)(H2,14,15,18). The summed E-state index contributed by atoms with van der Waals surface area (Å²) in [4.78, 5) is 22.8. The molecule has 1 saturated carbocycles. The smallest absolute Gasteiger partial charge is 0.315 e. The van der Waals surface area contributed by atoms with Crippen LogP contribution in [0.1, 0.15) is 32.6 Å². The van der Waals surface area contributed by atoms with Crippen LogP contribution in [0, 0.1) is 11.8 Å². The van der Waals surface area contributed by atoms with Crippen molar-refractivity contribution in [2.75, 3.05) is 13.2 Å². The van der Waals surface area contributed by atoms with Gasteiger partial charge in [-0.15, -0.1) is 0 Å². The molecule has 0 aromatic carbocycles. The molecule has 2 amide bonds. The van der Waals surface area contributed by atoms with E-state index >= 15 is 0 Å². The molecule has 6 heteroatoms. The number of carboxylic acid groups (broad SMARTS) is 1. The Bertz CT molecular complexity index is 344. The Labute approximate surface area is 112 Å². The molecule has 1 aliphatic carbocycles. The quantitative estimate of drug-likeness (QED) is 0.671. The molecule has 3 atom stereocenters. The topological polar surface area (TPSA) is 87.7 Å². The molecule has 2 rings (SSSR count). The van der Waals surface area contributed by atoms with Crippen molar-refractivity contribution in [2.45, 2.75) is 44.7 Å². The number of carboxylic acids is 1. The normalized spacial score (nSPS) is 27.8. The molecule has 3 unspecified atom stereocenters. The average molecular weight is 270 g/mol. The Morgan fingerprint density at radius 2 is 2.11 bits per heavy atom. The van der Waals surface area contributed by atoms with Crippen LogP contribution in [0.5, 0.6) is 0 Å². The third-order valence-electron chi connectivity index (χ3n) is 3.86. The van der Waals surface area contributed by atoms with Gasteiger partial charge in [0.05, 0.1) is 19.3 Å². The molecule has 1 aliphatic heterocycles. The molecule has 2 aliphatic rings. The fourth-order valence-corrected chi connectivity index (χ4v) is 2.42. The Kier molecular flexibility index (Phi) is 4.63. The van der Waals surface area contributed by atoms with E-state index in [-0.39, 0.29) is 25.3 Å². The monoisotopic (exact) mass is 270 g/mol. The molecule has 0 radical (unpaired) electrons. The minimum Gasteiger partial charge on any atom is -0.481 e. The number of nitrogens with one attached hydrogen (secondary N) is 2. The summed E-state index contributed by atoms with van der Waals surface area (Å²) in [5, 5.41) is 14.6. The van der Waals surface area contributed by atoms with Crippen molar-refractivity contribution in [3.63, 3.8) is 0 Å². The first-order chi connectivity index (χ1) is 9.10. The van der Waals surface area contributed by atoms with Crippen molar-refractivity contribution in [3.8, 4) is 0 Å². The summed E-state index contributed by atoms with van der Waals surface area (Å²) in [5.41, 5.74) is 0. The Morgan fingerprint density at radius 1 is 1.37 bits per heavy atom. The second-order valence-corrected chi connectivity index (χ2v) is 5.49. The van der Waals surface area contributed by atoms with Crippen molar-refractivity contribution >= 4 is 12.0 Å². The molecule has 6 nitrogen and oxygen atoms in total. The Balaban J connectivity index is 1.77. The minimum atomic E-state index is -0.923. The van der Waals surface area contributed by atoms with Gasteiger partial charge in [0.25, 0.3) is 0 Å². The highest BCUT2D eigenvalue weighted by atomic mass is 16.5. The van der Waals surface area contributed by atoms with Crippen LogP contribution in [0.4, 0.5) is 4.79 Å². The van der Waals surface area contributed by atoms with E-state index in [1.54, 1.807) is 0 Å². The van der Waals surface area contributed by atoms with Gasteiger partial charge in [-0.05, 0) is 18.8 Å². The van der Waals surface area contributed by atoms with E-state index in [1.807, 2.05) is 6.92 Å². The van der Waals surface area contributed by atoms with Gasteiger partial charge in [-0.3, -0.25) is 4.79 Å². The van der Waals surface area contributed by atoms with Gasteiger partial charge in [-0.2, -0.15) is 0 Å². The van der Waals surface area contributed by atoms with Crippen LogP contribution in [0.3, 0.4) is 0 Å². The van der Waals surface area contributed by atoms with Crippen molar-refractivity contribution in [1.82, 2.24) is 10.6 Å². The predicted octanol–water partition coefficient (Wildman–Crippen LogP) is 0.964. The summed E-state index contributed by atoms with van der Waals surface area (Å²) in [6.45, 7) is 2.48. The largest absolute Gasteiger partial charge is 0.481 e. The van der Waals surface area contributed by atoms with Gasteiger partial charge < -0.3 is 20.5 Å². The van der Waals surface area contributed by atoms with Crippen LogP contribution in [-0.4, -0.2) is 42.4 Å². The average Bonchev–Trinajstić information content (AvgIpc) is 3.05. The van der Waals surface area contributed by atoms with Gasteiger partial charge in [-0.1, -0.05) is 19.8 Å². The number of rotatable bonds is 6. The molecule has 0 spiro atoms. The van der Waals surface area contributed by atoms with Crippen LogP contribution in [0.25, 0.3) is 0 Å². The number of ether oxygens (including phenoxy) is 1. The molecule has 19 heavy (non-hydrogen) atoms. The second kappa shape index (κ2) is 6.23. The minimum absolute atomic E-state index is 0.166.